The molecular formula is C24H27F3N2O3. The van der Waals surface area contributed by atoms with Crippen LogP contribution in [-0.4, -0.2) is 42.5 Å². The first-order valence-corrected chi connectivity index (χ1v) is 10.5. The van der Waals surface area contributed by atoms with Crippen LogP contribution in [0.5, 0.6) is 5.75 Å². The van der Waals surface area contributed by atoms with E-state index in [9.17, 15) is 22.8 Å². The fourth-order valence-corrected chi connectivity index (χ4v) is 3.73. The summed E-state index contributed by atoms with van der Waals surface area (Å²) in [5.41, 5.74) is 2.48. The minimum absolute atomic E-state index is 0.0479. The van der Waals surface area contributed by atoms with E-state index in [1.54, 1.807) is 4.90 Å². The minimum atomic E-state index is -4.44. The number of alkyl halides is 3. The highest BCUT2D eigenvalue weighted by atomic mass is 19.4. The molecule has 32 heavy (non-hydrogen) atoms. The molecule has 1 aliphatic rings. The first-order valence-electron chi connectivity index (χ1n) is 10.5. The average molecular weight is 448 g/mol. The Morgan fingerprint density at radius 1 is 1.00 bits per heavy atom. The normalized spacial score (nSPS) is 14.9. The highest BCUT2D eigenvalue weighted by Gasteiger charge is 2.30. The summed E-state index contributed by atoms with van der Waals surface area (Å²) in [6.45, 7) is 6.81. The Kier molecular flexibility index (Phi) is 7.11. The van der Waals surface area contributed by atoms with Crippen molar-refractivity contribution in [2.24, 2.45) is 0 Å². The highest BCUT2D eigenvalue weighted by molar-refractivity contribution is 5.94. The molecule has 0 spiro atoms. The molecule has 172 valence electrons. The van der Waals surface area contributed by atoms with Crippen LogP contribution in [0.15, 0.2) is 36.4 Å². The Morgan fingerprint density at radius 2 is 1.59 bits per heavy atom. The standard InChI is InChI=1S/C24H27F3N2O3/c1-15-4-5-16(2)22(17(15)3)32-14-21(30)29-12-10-20(11-13-29)28-23(31)18-6-8-19(9-7-18)24(25,26)27/h4-9,20H,10-14H2,1-3H3,(H,28,31). The highest BCUT2D eigenvalue weighted by Crippen LogP contribution is 2.29. The lowest BCUT2D eigenvalue weighted by Gasteiger charge is -2.32. The lowest BCUT2D eigenvalue weighted by Crippen LogP contribution is -2.47. The van der Waals surface area contributed by atoms with E-state index in [2.05, 4.69) is 5.32 Å². The van der Waals surface area contributed by atoms with Crippen LogP contribution in [0.4, 0.5) is 13.2 Å². The summed E-state index contributed by atoms with van der Waals surface area (Å²) in [6.07, 6.45) is -3.30. The number of piperidine rings is 1. The third-order valence-electron chi connectivity index (χ3n) is 5.87. The summed E-state index contributed by atoms with van der Waals surface area (Å²) >= 11 is 0. The zero-order chi connectivity index (χ0) is 23.5. The van der Waals surface area contributed by atoms with Gasteiger partial charge in [0.05, 0.1) is 5.56 Å². The van der Waals surface area contributed by atoms with Gasteiger partial charge in [0, 0.05) is 24.7 Å². The number of halogens is 3. The van der Waals surface area contributed by atoms with E-state index in [1.165, 1.54) is 12.1 Å². The summed E-state index contributed by atoms with van der Waals surface area (Å²) in [4.78, 5) is 26.6. The van der Waals surface area contributed by atoms with Crippen molar-refractivity contribution in [3.05, 3.63) is 64.2 Å². The Balaban J connectivity index is 1.48. The third-order valence-corrected chi connectivity index (χ3v) is 5.87. The molecule has 8 heteroatoms. The molecule has 0 atom stereocenters. The number of ether oxygens (including phenoxy) is 1. The summed E-state index contributed by atoms with van der Waals surface area (Å²) in [5.74, 6) is 0.201. The van der Waals surface area contributed by atoms with E-state index < -0.39 is 17.6 Å². The van der Waals surface area contributed by atoms with Gasteiger partial charge < -0.3 is 15.0 Å². The molecule has 3 rings (SSSR count). The number of hydrogen-bond donors (Lipinski definition) is 1. The molecule has 2 amide bonds. The van der Waals surface area contributed by atoms with Crippen LogP contribution in [0.3, 0.4) is 0 Å². The molecule has 0 saturated carbocycles. The van der Waals surface area contributed by atoms with Crippen molar-refractivity contribution in [2.45, 2.75) is 45.8 Å². The van der Waals surface area contributed by atoms with E-state index >= 15 is 0 Å². The summed E-state index contributed by atoms with van der Waals surface area (Å²) < 4.78 is 43.8. The molecule has 1 heterocycles. The van der Waals surface area contributed by atoms with Crippen molar-refractivity contribution in [2.75, 3.05) is 19.7 Å². The summed E-state index contributed by atoms with van der Waals surface area (Å²) in [6, 6.07) is 7.97. The predicted molar refractivity (Wildman–Crippen MR) is 115 cm³/mol. The first-order chi connectivity index (χ1) is 15.1. The summed E-state index contributed by atoms with van der Waals surface area (Å²) in [7, 11) is 0. The number of nitrogens with one attached hydrogen (secondary N) is 1. The van der Waals surface area contributed by atoms with Crippen molar-refractivity contribution < 1.29 is 27.5 Å². The Hall–Kier alpha value is -3.03. The van der Waals surface area contributed by atoms with Crippen molar-refractivity contribution >= 4 is 11.8 Å². The van der Waals surface area contributed by atoms with Gasteiger partial charge in [0.15, 0.2) is 6.61 Å². The smallest absolute Gasteiger partial charge is 0.416 e. The monoisotopic (exact) mass is 448 g/mol. The third kappa shape index (κ3) is 5.60. The summed E-state index contributed by atoms with van der Waals surface area (Å²) in [5, 5.41) is 2.84. The molecule has 2 aromatic carbocycles. The predicted octanol–water partition coefficient (Wildman–Crippen LogP) is 4.43. The van der Waals surface area contributed by atoms with E-state index in [1.807, 2.05) is 32.9 Å². The second-order valence-electron chi connectivity index (χ2n) is 8.15. The van der Waals surface area contributed by atoms with Gasteiger partial charge in [-0.3, -0.25) is 9.59 Å². The van der Waals surface area contributed by atoms with E-state index in [4.69, 9.17) is 4.74 Å². The van der Waals surface area contributed by atoms with Crippen molar-refractivity contribution in [3.8, 4) is 5.75 Å². The number of aryl methyl sites for hydroxylation is 2. The largest absolute Gasteiger partial charge is 0.483 e. The van der Waals surface area contributed by atoms with Gasteiger partial charge in [0.1, 0.15) is 5.75 Å². The van der Waals surface area contributed by atoms with Crippen LogP contribution >= 0.6 is 0 Å². The van der Waals surface area contributed by atoms with Crippen molar-refractivity contribution in [1.82, 2.24) is 10.2 Å². The Bertz CT molecular complexity index is 979. The van der Waals surface area contributed by atoms with Gasteiger partial charge in [-0.25, -0.2) is 0 Å². The van der Waals surface area contributed by atoms with Crippen LogP contribution in [0, 0.1) is 20.8 Å². The van der Waals surface area contributed by atoms with Gasteiger partial charge in [-0.1, -0.05) is 12.1 Å². The molecule has 5 nitrogen and oxygen atoms in total. The minimum Gasteiger partial charge on any atom is -0.483 e. The molecule has 0 unspecified atom stereocenters. The number of carbonyl (C=O) groups excluding carboxylic acids is 2. The number of benzene rings is 2. The van der Waals surface area contributed by atoms with Crippen LogP contribution in [0.1, 0.15) is 45.5 Å². The van der Waals surface area contributed by atoms with Gasteiger partial charge in [-0.05, 0) is 74.6 Å². The zero-order valence-corrected chi connectivity index (χ0v) is 18.4. The van der Waals surface area contributed by atoms with Gasteiger partial charge in [0.25, 0.3) is 11.8 Å². The lowest BCUT2D eigenvalue weighted by atomic mass is 10.0. The van der Waals surface area contributed by atoms with Gasteiger partial charge in [-0.15, -0.1) is 0 Å². The Labute approximate surface area is 185 Å². The second-order valence-corrected chi connectivity index (χ2v) is 8.15. The first kappa shape index (κ1) is 23.6. The fourth-order valence-electron chi connectivity index (χ4n) is 3.73. The SMILES string of the molecule is Cc1ccc(C)c(OCC(=O)N2CCC(NC(=O)c3ccc(C(F)(F)F)cc3)CC2)c1C. The number of amides is 2. The molecule has 1 saturated heterocycles. The Morgan fingerprint density at radius 3 is 2.19 bits per heavy atom. The molecule has 0 aliphatic carbocycles. The second kappa shape index (κ2) is 9.63. The number of likely N-dealkylation sites (tertiary alicyclic amines) is 1. The zero-order valence-electron chi connectivity index (χ0n) is 18.4. The lowest BCUT2D eigenvalue weighted by molar-refractivity contribution is -0.137. The maximum atomic E-state index is 12.7. The molecule has 1 aliphatic heterocycles. The van der Waals surface area contributed by atoms with Crippen LogP contribution in [0.25, 0.3) is 0 Å². The maximum Gasteiger partial charge on any atom is 0.416 e. The average Bonchev–Trinajstić information content (AvgIpc) is 2.76. The molecular weight excluding hydrogens is 421 g/mol. The molecule has 0 aromatic heterocycles. The van der Waals surface area contributed by atoms with E-state index in [0.29, 0.717) is 25.9 Å². The number of rotatable bonds is 5. The molecule has 0 radical (unpaired) electrons. The van der Waals surface area contributed by atoms with E-state index in [-0.39, 0.29) is 24.1 Å². The molecule has 1 fully saturated rings. The van der Waals surface area contributed by atoms with Gasteiger partial charge in [0.2, 0.25) is 0 Å². The molecule has 1 N–H and O–H groups in total. The van der Waals surface area contributed by atoms with Gasteiger partial charge >= 0.3 is 6.18 Å². The van der Waals surface area contributed by atoms with Crippen LogP contribution in [0.2, 0.25) is 0 Å². The van der Waals surface area contributed by atoms with Gasteiger partial charge in [-0.2, -0.15) is 13.2 Å². The number of carbonyl (C=O) groups is 2. The quantitative estimate of drug-likeness (QED) is 0.736. The van der Waals surface area contributed by atoms with Crippen LogP contribution in [-0.2, 0) is 11.0 Å². The fraction of sp³-hybridized carbons (Fsp3) is 0.417. The number of nitrogens with zero attached hydrogens (tertiary/aromatic N) is 1. The van der Waals surface area contributed by atoms with Crippen molar-refractivity contribution in [1.29, 1.82) is 0 Å². The van der Waals surface area contributed by atoms with Crippen molar-refractivity contribution in [3.63, 3.8) is 0 Å². The van der Waals surface area contributed by atoms with Crippen LogP contribution < -0.4 is 10.1 Å². The van der Waals surface area contributed by atoms with E-state index in [0.717, 1.165) is 34.6 Å². The number of hydrogen-bond acceptors (Lipinski definition) is 3. The topological polar surface area (TPSA) is 58.6 Å². The molecule has 2 aromatic rings. The maximum absolute atomic E-state index is 12.7. The molecule has 0 bridgehead atoms.